The summed E-state index contributed by atoms with van der Waals surface area (Å²) >= 11 is -1.17. The van der Waals surface area contributed by atoms with Crippen molar-refractivity contribution in [2.45, 2.75) is 58.3 Å². The fourth-order valence-electron chi connectivity index (χ4n) is 1.85. The van der Waals surface area contributed by atoms with Crippen LogP contribution < -0.4 is 10.5 Å². The Morgan fingerprint density at radius 3 is 2.22 bits per heavy atom. The van der Waals surface area contributed by atoms with Crippen molar-refractivity contribution in [1.29, 1.82) is 0 Å². The highest BCUT2D eigenvalue weighted by Crippen LogP contribution is 2.08. The van der Waals surface area contributed by atoms with Gasteiger partial charge in [0.2, 0.25) is 0 Å². The Kier molecular flexibility index (Phi) is 15.0. The lowest BCUT2D eigenvalue weighted by Gasteiger charge is -2.02. The molecule has 0 aromatic carbocycles. The molecule has 108 valence electrons. The third-order valence-corrected chi connectivity index (χ3v) is 3.42. The Bertz CT molecular complexity index is 187. The zero-order chi connectivity index (χ0) is 13.5. The van der Waals surface area contributed by atoms with Crippen LogP contribution in [0.1, 0.15) is 58.3 Å². The van der Waals surface area contributed by atoms with Crippen LogP contribution in [0.5, 0.6) is 0 Å². The number of nitrogens with two attached hydrogens (primary N) is 1. The zero-order valence-electron chi connectivity index (χ0n) is 11.8. The van der Waals surface area contributed by atoms with Crippen molar-refractivity contribution < 1.29 is 4.55 Å². The maximum atomic E-state index is 10.6. The highest BCUT2D eigenvalue weighted by Gasteiger charge is 1.92. The smallest absolute Gasteiger partial charge is 0.143 e. The summed E-state index contributed by atoms with van der Waals surface area (Å²) < 4.78 is 10.6. The van der Waals surface area contributed by atoms with E-state index in [4.69, 9.17) is 5.14 Å². The molecule has 0 aliphatic rings. The molecular formula is C14H30N2OS. The molecule has 0 bridgehead atoms. The normalized spacial score (nSPS) is 13.3. The monoisotopic (exact) mass is 274 g/mol. The molecule has 0 radical (unpaired) electrons. The lowest BCUT2D eigenvalue weighted by atomic mass is 10.1. The van der Waals surface area contributed by atoms with E-state index >= 15 is 0 Å². The SMILES string of the molecule is CCNCCCCCCCCC/C=C/C[S+](N)[O-]. The van der Waals surface area contributed by atoms with Gasteiger partial charge in [0.25, 0.3) is 0 Å². The summed E-state index contributed by atoms with van der Waals surface area (Å²) in [6, 6.07) is 0. The number of nitrogens with one attached hydrogen (secondary N) is 1. The van der Waals surface area contributed by atoms with Crippen molar-refractivity contribution in [3.05, 3.63) is 12.2 Å². The summed E-state index contributed by atoms with van der Waals surface area (Å²) in [5, 5.41) is 8.50. The lowest BCUT2D eigenvalue weighted by molar-refractivity contribution is 0.563. The largest absolute Gasteiger partial charge is 0.598 e. The quantitative estimate of drug-likeness (QED) is 0.308. The first-order chi connectivity index (χ1) is 8.77. The summed E-state index contributed by atoms with van der Waals surface area (Å²) in [5.74, 6) is 0.492. The number of rotatable bonds is 13. The van der Waals surface area contributed by atoms with Crippen LogP contribution in [0.25, 0.3) is 0 Å². The van der Waals surface area contributed by atoms with Gasteiger partial charge in [-0.1, -0.05) is 45.1 Å². The lowest BCUT2D eigenvalue weighted by Crippen LogP contribution is -2.14. The highest BCUT2D eigenvalue weighted by molar-refractivity contribution is 7.89. The van der Waals surface area contributed by atoms with Crippen molar-refractivity contribution >= 4 is 11.4 Å². The van der Waals surface area contributed by atoms with E-state index in [2.05, 4.69) is 18.3 Å². The maximum Gasteiger partial charge on any atom is 0.143 e. The third kappa shape index (κ3) is 16.0. The van der Waals surface area contributed by atoms with Gasteiger partial charge >= 0.3 is 0 Å². The molecule has 0 spiro atoms. The van der Waals surface area contributed by atoms with E-state index in [9.17, 15) is 4.55 Å². The molecule has 0 rings (SSSR count). The van der Waals surface area contributed by atoms with Crippen molar-refractivity contribution in [2.75, 3.05) is 18.8 Å². The molecule has 0 aliphatic heterocycles. The Hall–Kier alpha value is -0.0300. The molecule has 0 heterocycles. The average molecular weight is 274 g/mol. The minimum absolute atomic E-state index is 0.492. The van der Waals surface area contributed by atoms with Crippen LogP contribution in [-0.2, 0) is 11.4 Å². The van der Waals surface area contributed by atoms with E-state index in [0.29, 0.717) is 5.75 Å². The minimum Gasteiger partial charge on any atom is -0.598 e. The summed E-state index contributed by atoms with van der Waals surface area (Å²) in [4.78, 5) is 0. The van der Waals surface area contributed by atoms with Gasteiger partial charge in [-0.15, -0.1) is 0 Å². The predicted molar refractivity (Wildman–Crippen MR) is 81.8 cm³/mol. The van der Waals surface area contributed by atoms with Gasteiger partial charge in [-0.25, -0.2) is 0 Å². The molecule has 0 saturated heterocycles. The van der Waals surface area contributed by atoms with Gasteiger partial charge in [-0.3, -0.25) is 0 Å². The summed E-state index contributed by atoms with van der Waals surface area (Å²) in [7, 11) is 0. The minimum atomic E-state index is -1.17. The first-order valence-electron chi connectivity index (χ1n) is 7.26. The molecule has 0 saturated carbocycles. The molecular weight excluding hydrogens is 244 g/mol. The van der Waals surface area contributed by atoms with Crippen LogP contribution in [0, 0.1) is 0 Å². The fourth-order valence-corrected chi connectivity index (χ4v) is 2.18. The Labute approximate surface area is 116 Å². The Balaban J connectivity index is 3.01. The van der Waals surface area contributed by atoms with Crippen molar-refractivity contribution in [2.24, 2.45) is 5.14 Å². The van der Waals surface area contributed by atoms with Crippen molar-refractivity contribution in [1.82, 2.24) is 5.32 Å². The van der Waals surface area contributed by atoms with E-state index in [1.54, 1.807) is 0 Å². The second-order valence-corrected chi connectivity index (χ2v) is 5.73. The van der Waals surface area contributed by atoms with Gasteiger partial charge in [0, 0.05) is 11.4 Å². The van der Waals surface area contributed by atoms with Crippen LogP contribution >= 0.6 is 0 Å². The number of hydrogen-bond acceptors (Lipinski definition) is 3. The van der Waals surface area contributed by atoms with Gasteiger partial charge in [-0.05, 0) is 38.4 Å². The molecule has 1 unspecified atom stereocenters. The highest BCUT2D eigenvalue weighted by atomic mass is 32.2. The van der Waals surface area contributed by atoms with Gasteiger partial charge < -0.3 is 9.87 Å². The first-order valence-corrected chi connectivity index (χ1v) is 8.64. The van der Waals surface area contributed by atoms with Crippen LogP contribution in [0.15, 0.2) is 12.2 Å². The van der Waals surface area contributed by atoms with Gasteiger partial charge in [0.05, 0.1) is 0 Å². The second-order valence-electron chi connectivity index (χ2n) is 4.64. The second kappa shape index (κ2) is 15.0. The zero-order valence-corrected chi connectivity index (χ0v) is 12.6. The first kappa shape index (κ1) is 18.0. The summed E-state index contributed by atoms with van der Waals surface area (Å²) in [6.45, 7) is 4.41. The van der Waals surface area contributed by atoms with E-state index in [1.165, 1.54) is 51.5 Å². The van der Waals surface area contributed by atoms with E-state index in [-0.39, 0.29) is 0 Å². The molecule has 18 heavy (non-hydrogen) atoms. The Morgan fingerprint density at radius 1 is 1.00 bits per heavy atom. The van der Waals surface area contributed by atoms with Crippen LogP contribution in [0.3, 0.4) is 0 Å². The standard InChI is InChI=1S/C14H30N2OS/c1-2-16-13-11-9-7-5-3-4-6-8-10-12-14-18(15)17/h10,12,16H,2-9,11,13-15H2,1H3/b12-10+. The van der Waals surface area contributed by atoms with Crippen LogP contribution in [0.2, 0.25) is 0 Å². The molecule has 0 aliphatic carbocycles. The van der Waals surface area contributed by atoms with Crippen molar-refractivity contribution in [3.63, 3.8) is 0 Å². The predicted octanol–water partition coefficient (Wildman–Crippen LogP) is 2.90. The number of hydrogen-bond donors (Lipinski definition) is 2. The van der Waals surface area contributed by atoms with Gasteiger partial charge in [0.1, 0.15) is 5.75 Å². The van der Waals surface area contributed by atoms with E-state index < -0.39 is 11.4 Å². The fraction of sp³-hybridized carbons (Fsp3) is 0.857. The molecule has 4 heteroatoms. The third-order valence-electron chi connectivity index (χ3n) is 2.90. The average Bonchev–Trinajstić information content (AvgIpc) is 2.34. The summed E-state index contributed by atoms with van der Waals surface area (Å²) in [5.41, 5.74) is 0. The van der Waals surface area contributed by atoms with Crippen molar-refractivity contribution in [3.8, 4) is 0 Å². The van der Waals surface area contributed by atoms with Crippen LogP contribution in [-0.4, -0.2) is 23.4 Å². The molecule has 0 amide bonds. The maximum absolute atomic E-state index is 10.6. The van der Waals surface area contributed by atoms with Crippen LogP contribution in [0.4, 0.5) is 0 Å². The molecule has 0 fully saturated rings. The van der Waals surface area contributed by atoms with Gasteiger partial charge in [0.15, 0.2) is 0 Å². The van der Waals surface area contributed by atoms with E-state index in [0.717, 1.165) is 13.0 Å². The summed E-state index contributed by atoms with van der Waals surface area (Å²) in [6.07, 6.45) is 14.4. The molecule has 1 atom stereocenters. The molecule has 0 aromatic rings. The number of allylic oxidation sites excluding steroid dienone is 1. The van der Waals surface area contributed by atoms with Gasteiger partial charge in [-0.2, -0.15) is 5.14 Å². The number of unbranched alkanes of at least 4 members (excludes halogenated alkanes) is 7. The van der Waals surface area contributed by atoms with E-state index in [1.807, 2.05) is 6.08 Å². The molecule has 0 aromatic heterocycles. The molecule has 3 nitrogen and oxygen atoms in total. The topological polar surface area (TPSA) is 61.1 Å². The molecule has 3 N–H and O–H groups in total. The Morgan fingerprint density at radius 2 is 1.61 bits per heavy atom.